The zero-order chi connectivity index (χ0) is 33.2. The Morgan fingerprint density at radius 2 is 1.78 bits per heavy atom. The van der Waals surface area contributed by atoms with Crippen LogP contribution in [0, 0.1) is 35.5 Å². The number of hydrogen-bond acceptors (Lipinski definition) is 9. The van der Waals surface area contributed by atoms with Crippen LogP contribution in [-0.2, 0) is 33.4 Å². The van der Waals surface area contributed by atoms with Crippen LogP contribution in [0.25, 0.3) is 0 Å². The molecule has 4 aliphatic rings. The number of carbonyl (C=O) groups excluding carboxylic acids is 3. The van der Waals surface area contributed by atoms with Gasteiger partial charge in [-0.15, -0.1) is 0 Å². The number of rotatable bonds is 8. The first-order valence-electron chi connectivity index (χ1n) is 15.3. The maximum Gasteiger partial charge on any atom is 0.509 e. The van der Waals surface area contributed by atoms with Crippen LogP contribution in [-0.4, -0.2) is 68.0 Å². The summed E-state index contributed by atoms with van der Waals surface area (Å²) in [7, 11) is -4.40. The first-order chi connectivity index (χ1) is 21.0. The number of aliphatic hydroxyl groups is 1. The number of allylic oxidation sites excluding steroid dienone is 4. The van der Waals surface area contributed by atoms with Crippen LogP contribution in [0.15, 0.2) is 53.0 Å². The fourth-order valence-electron chi connectivity index (χ4n) is 8.75. The Balaban J connectivity index is 1.56. The number of carbonyl (C=O) groups is 3. The summed E-state index contributed by atoms with van der Waals surface area (Å²) in [6.07, 6.45) is -1.27. The van der Waals surface area contributed by atoms with Crippen LogP contribution in [0.5, 0.6) is 0 Å². The molecule has 1 aromatic carbocycles. The van der Waals surface area contributed by atoms with Gasteiger partial charge in [0.15, 0.2) is 17.1 Å². The van der Waals surface area contributed by atoms with Crippen molar-refractivity contribution in [3.05, 3.63) is 53.6 Å². The highest BCUT2D eigenvalue weighted by molar-refractivity contribution is 7.86. The highest BCUT2D eigenvalue weighted by Crippen LogP contribution is 2.71. The van der Waals surface area contributed by atoms with E-state index in [1.807, 2.05) is 0 Å². The second-order valence-electron chi connectivity index (χ2n) is 13.4. The molecule has 3 fully saturated rings. The fraction of sp³-hybridized carbons (Fsp3) is 0.606. The fourth-order valence-corrected chi connectivity index (χ4v) is 9.62. The molecule has 0 aliphatic heterocycles. The van der Waals surface area contributed by atoms with Crippen LogP contribution < -0.4 is 0 Å². The highest BCUT2D eigenvalue weighted by Gasteiger charge is 2.78. The lowest BCUT2D eigenvalue weighted by atomic mass is 9.44. The van der Waals surface area contributed by atoms with E-state index in [0.717, 1.165) is 11.6 Å². The van der Waals surface area contributed by atoms with E-state index in [1.165, 1.54) is 31.2 Å². The Labute approximate surface area is 262 Å². The second-order valence-corrected chi connectivity index (χ2v) is 15.0. The maximum atomic E-state index is 17.6. The van der Waals surface area contributed by atoms with Crippen LogP contribution >= 0.6 is 0 Å². The van der Waals surface area contributed by atoms with Gasteiger partial charge in [-0.1, -0.05) is 44.5 Å². The van der Waals surface area contributed by atoms with E-state index in [9.17, 15) is 27.9 Å². The van der Waals surface area contributed by atoms with E-state index < -0.39 is 86.6 Å². The maximum absolute atomic E-state index is 17.6. The average Bonchev–Trinajstić information content (AvgIpc) is 3.19. The molecule has 0 heterocycles. The van der Waals surface area contributed by atoms with Crippen LogP contribution in [0.1, 0.15) is 58.9 Å². The van der Waals surface area contributed by atoms with E-state index in [-0.39, 0.29) is 36.3 Å². The molecular formula is C33H40F2O9S. The molecule has 3 saturated carbocycles. The van der Waals surface area contributed by atoms with Gasteiger partial charge >= 0.3 is 6.16 Å². The van der Waals surface area contributed by atoms with Gasteiger partial charge in [-0.3, -0.25) is 13.8 Å². The van der Waals surface area contributed by atoms with Gasteiger partial charge in [-0.25, -0.2) is 13.6 Å². The van der Waals surface area contributed by atoms with Gasteiger partial charge in [0.25, 0.3) is 10.1 Å². The van der Waals surface area contributed by atoms with E-state index >= 15 is 8.78 Å². The summed E-state index contributed by atoms with van der Waals surface area (Å²) < 4.78 is 75.8. The number of Topliss-reactive ketones (excluding diaryl/α,β-unsaturated/α-hetero) is 1. The van der Waals surface area contributed by atoms with Crippen molar-refractivity contribution in [1.82, 2.24) is 0 Å². The molecule has 0 radical (unpaired) electrons. The number of benzene rings is 1. The Morgan fingerprint density at radius 1 is 1.11 bits per heavy atom. The molecule has 0 bridgehead atoms. The summed E-state index contributed by atoms with van der Waals surface area (Å²) in [5, 5.41) is 11.7. The van der Waals surface area contributed by atoms with Crippen molar-refractivity contribution in [3.8, 4) is 0 Å². The molecule has 0 unspecified atom stereocenters. The quantitative estimate of drug-likeness (QED) is 0.300. The van der Waals surface area contributed by atoms with Crippen molar-refractivity contribution in [2.45, 2.75) is 88.7 Å². The van der Waals surface area contributed by atoms with E-state index in [1.54, 1.807) is 39.8 Å². The molecule has 9 nitrogen and oxygen atoms in total. The molecule has 0 aromatic heterocycles. The summed E-state index contributed by atoms with van der Waals surface area (Å²) in [5.74, 6) is -4.13. The number of aliphatic hydroxyl groups excluding tert-OH is 1. The lowest BCUT2D eigenvalue weighted by molar-refractivity contribution is -0.225. The molecule has 5 rings (SSSR count). The molecule has 0 saturated heterocycles. The van der Waals surface area contributed by atoms with Gasteiger partial charge < -0.3 is 14.6 Å². The third-order valence-corrected chi connectivity index (χ3v) is 12.2. The molecule has 1 N–H and O–H groups in total. The topological polar surface area (TPSA) is 133 Å². The van der Waals surface area contributed by atoms with Gasteiger partial charge in [0, 0.05) is 22.7 Å². The largest absolute Gasteiger partial charge is 0.509 e. The predicted octanol–water partition coefficient (Wildman–Crippen LogP) is 5.14. The van der Waals surface area contributed by atoms with Crippen molar-refractivity contribution in [1.29, 1.82) is 0 Å². The standard InChI is InChI=1S/C33H40F2O9S/c1-6-13-42-29(39)44-33(28(38)18-43-45(40,41)22-9-7-19(2)8-10-22)20(3)14-23-24-16-26(34)25-15-21(36)11-12-30(25,4)32(24,35)27(37)17-31(23,33)5/h7-12,15,20,23-24,26-27,37H,6,13-14,16-18H2,1-5H3/t20-,23+,24+,26+,27+,30+,31+,32+,33+/m1/s1. The lowest BCUT2D eigenvalue weighted by Crippen LogP contribution is -2.71. The third kappa shape index (κ3) is 4.90. The number of hydrogen-bond donors (Lipinski definition) is 1. The molecule has 1 aromatic rings. The summed E-state index contributed by atoms with van der Waals surface area (Å²) in [5.41, 5.74) is -6.87. The Morgan fingerprint density at radius 3 is 2.42 bits per heavy atom. The number of ether oxygens (including phenoxy) is 2. The Hall–Kier alpha value is -2.96. The van der Waals surface area contributed by atoms with Crippen LogP contribution in [0.2, 0.25) is 0 Å². The van der Waals surface area contributed by atoms with Gasteiger partial charge in [0.1, 0.15) is 12.8 Å². The van der Waals surface area contributed by atoms with Gasteiger partial charge in [0.05, 0.1) is 17.6 Å². The van der Waals surface area contributed by atoms with Crippen molar-refractivity contribution < 1.29 is 50.3 Å². The number of aryl methyl sites for hydroxylation is 1. The van der Waals surface area contributed by atoms with Gasteiger partial charge in [0.2, 0.25) is 5.78 Å². The molecule has 4 aliphatic carbocycles. The predicted molar refractivity (Wildman–Crippen MR) is 158 cm³/mol. The van der Waals surface area contributed by atoms with Crippen LogP contribution in [0.4, 0.5) is 13.6 Å². The molecule has 12 heteroatoms. The van der Waals surface area contributed by atoms with Crippen molar-refractivity contribution in [2.75, 3.05) is 13.2 Å². The second kappa shape index (κ2) is 11.4. The first kappa shape index (κ1) is 33.4. The van der Waals surface area contributed by atoms with Gasteiger partial charge in [-0.05, 0) is 75.3 Å². The highest BCUT2D eigenvalue weighted by atomic mass is 32.2. The monoisotopic (exact) mass is 650 g/mol. The van der Waals surface area contributed by atoms with E-state index in [4.69, 9.17) is 13.7 Å². The van der Waals surface area contributed by atoms with Crippen molar-refractivity contribution >= 4 is 27.8 Å². The van der Waals surface area contributed by atoms with E-state index in [0.29, 0.717) is 6.42 Å². The Kier molecular flexibility index (Phi) is 8.45. The number of alkyl halides is 2. The first-order valence-corrected chi connectivity index (χ1v) is 16.7. The number of ketones is 2. The van der Waals surface area contributed by atoms with Crippen molar-refractivity contribution in [3.63, 3.8) is 0 Å². The molecule has 9 atom stereocenters. The SMILES string of the molecule is CCCOC(=O)O[C@]1(C(=O)COS(=O)(=O)c2ccc(C)cc2)[C@H](C)C[C@H]2[C@@H]3C[C@H](F)C4=CC(=O)C=C[C@]4(C)[C@@]3(F)[C@@H](O)C[C@@]21C. The zero-order valence-corrected chi connectivity index (χ0v) is 26.9. The smallest absolute Gasteiger partial charge is 0.434 e. The normalized spacial score (nSPS) is 38.9. The molecule has 246 valence electrons. The van der Waals surface area contributed by atoms with Crippen molar-refractivity contribution in [2.24, 2.45) is 28.6 Å². The molecule has 0 amide bonds. The molecular weight excluding hydrogens is 610 g/mol. The molecule has 0 spiro atoms. The van der Waals surface area contributed by atoms with E-state index in [2.05, 4.69) is 0 Å². The number of fused-ring (bicyclic) bond motifs is 5. The minimum atomic E-state index is -4.40. The molecule has 45 heavy (non-hydrogen) atoms. The summed E-state index contributed by atoms with van der Waals surface area (Å²) in [6.45, 7) is 7.19. The third-order valence-electron chi connectivity index (χ3n) is 10.9. The zero-order valence-electron chi connectivity index (χ0n) is 26.0. The van der Waals surface area contributed by atoms with Crippen LogP contribution in [0.3, 0.4) is 0 Å². The summed E-state index contributed by atoms with van der Waals surface area (Å²) >= 11 is 0. The lowest BCUT2D eigenvalue weighted by Gasteiger charge is -2.63. The Bertz CT molecular complexity index is 1560. The number of halogens is 2. The minimum absolute atomic E-state index is 0.0170. The summed E-state index contributed by atoms with van der Waals surface area (Å²) in [6, 6.07) is 5.82. The average molecular weight is 651 g/mol. The summed E-state index contributed by atoms with van der Waals surface area (Å²) in [4.78, 5) is 39.3. The van der Waals surface area contributed by atoms with Gasteiger partial charge in [-0.2, -0.15) is 8.42 Å². The minimum Gasteiger partial charge on any atom is -0.434 e.